The van der Waals surface area contributed by atoms with E-state index in [0.29, 0.717) is 18.3 Å². The third-order valence-corrected chi connectivity index (χ3v) is 5.93. The van der Waals surface area contributed by atoms with Gasteiger partial charge in [0.25, 0.3) is 0 Å². The maximum absolute atomic E-state index is 10.1. The first-order chi connectivity index (χ1) is 13.7. The van der Waals surface area contributed by atoms with E-state index in [2.05, 4.69) is 45.0 Å². The highest BCUT2D eigenvalue weighted by Gasteiger charge is 2.24. The van der Waals surface area contributed by atoms with Crippen LogP contribution in [0.2, 0.25) is 0 Å². The standard InChI is InChI=1S/C21H30N4O2S.HI/c1-3-22-21(23-14-16-13-17(27-2)8-9-19(16)26)24-15-18(20-7-6-12-28-20)25-10-4-5-11-25;/h6-9,12-13,18,26H,3-5,10-11,14-15H2,1-2H3,(H2,22,23,24);1H. The summed E-state index contributed by atoms with van der Waals surface area (Å²) >= 11 is 1.81. The summed E-state index contributed by atoms with van der Waals surface area (Å²) in [6.45, 7) is 6.31. The minimum atomic E-state index is 0. The van der Waals surface area contributed by atoms with Crippen molar-refractivity contribution < 1.29 is 9.84 Å². The Morgan fingerprint density at radius 1 is 1.28 bits per heavy atom. The third-order valence-electron chi connectivity index (χ3n) is 4.95. The van der Waals surface area contributed by atoms with E-state index in [1.807, 2.05) is 17.4 Å². The van der Waals surface area contributed by atoms with Crippen LogP contribution in [0.4, 0.5) is 0 Å². The number of nitrogens with one attached hydrogen (secondary N) is 2. The summed E-state index contributed by atoms with van der Waals surface area (Å²) in [5.74, 6) is 1.70. The van der Waals surface area contributed by atoms with E-state index in [0.717, 1.165) is 37.7 Å². The molecule has 2 aromatic rings. The lowest BCUT2D eigenvalue weighted by Gasteiger charge is -2.27. The molecule has 3 N–H and O–H groups in total. The number of nitrogens with zero attached hydrogens (tertiary/aromatic N) is 2. The Bertz CT molecular complexity index is 764. The Labute approximate surface area is 194 Å². The molecular weight excluding hydrogens is 499 g/mol. The summed E-state index contributed by atoms with van der Waals surface area (Å²) in [7, 11) is 1.62. The Morgan fingerprint density at radius 3 is 2.72 bits per heavy atom. The molecule has 29 heavy (non-hydrogen) atoms. The van der Waals surface area contributed by atoms with Crippen LogP contribution in [0.5, 0.6) is 11.5 Å². The molecule has 1 aromatic heterocycles. The van der Waals surface area contributed by atoms with Crippen LogP contribution < -0.4 is 15.4 Å². The number of aromatic hydroxyl groups is 1. The third kappa shape index (κ3) is 6.75. The van der Waals surface area contributed by atoms with Crippen LogP contribution in [0, 0.1) is 0 Å². The van der Waals surface area contributed by atoms with E-state index in [1.165, 1.54) is 17.7 Å². The van der Waals surface area contributed by atoms with Gasteiger partial charge in [0.2, 0.25) is 0 Å². The van der Waals surface area contributed by atoms with Crippen LogP contribution in [-0.4, -0.2) is 49.3 Å². The van der Waals surface area contributed by atoms with Crippen LogP contribution >= 0.6 is 35.3 Å². The zero-order chi connectivity index (χ0) is 19.8. The number of halogens is 1. The van der Waals surface area contributed by atoms with Gasteiger partial charge in [0.15, 0.2) is 5.96 Å². The number of hydrogen-bond donors (Lipinski definition) is 3. The van der Waals surface area contributed by atoms with Gasteiger partial charge in [0, 0.05) is 23.5 Å². The second-order valence-corrected chi connectivity index (χ2v) is 7.82. The number of phenolic OH excluding ortho intramolecular Hbond substituents is 1. The topological polar surface area (TPSA) is 69.1 Å². The fourth-order valence-electron chi connectivity index (χ4n) is 3.46. The first kappa shape index (κ1) is 23.8. The van der Waals surface area contributed by atoms with Crippen LogP contribution in [-0.2, 0) is 6.54 Å². The number of benzene rings is 1. The molecule has 2 heterocycles. The normalized spacial score (nSPS) is 15.6. The van der Waals surface area contributed by atoms with Crippen molar-refractivity contribution >= 4 is 41.3 Å². The van der Waals surface area contributed by atoms with E-state index < -0.39 is 0 Å². The fraction of sp³-hybridized carbons (Fsp3) is 0.476. The van der Waals surface area contributed by atoms with Crippen molar-refractivity contribution in [2.24, 2.45) is 4.99 Å². The van der Waals surface area contributed by atoms with E-state index in [9.17, 15) is 5.11 Å². The summed E-state index contributed by atoms with van der Waals surface area (Å²) in [5, 5.41) is 19.0. The molecule has 1 aromatic carbocycles. The van der Waals surface area contributed by atoms with Gasteiger partial charge in [0.1, 0.15) is 11.5 Å². The van der Waals surface area contributed by atoms with E-state index >= 15 is 0 Å². The lowest BCUT2D eigenvalue weighted by atomic mass is 10.2. The zero-order valence-electron chi connectivity index (χ0n) is 17.1. The molecule has 1 unspecified atom stereocenters. The number of likely N-dealkylation sites (tertiary alicyclic amines) is 1. The number of ether oxygens (including phenoxy) is 1. The van der Waals surface area contributed by atoms with Crippen LogP contribution in [0.15, 0.2) is 40.7 Å². The predicted molar refractivity (Wildman–Crippen MR) is 131 cm³/mol. The molecule has 0 aliphatic carbocycles. The Hall–Kier alpha value is -1.52. The molecule has 0 spiro atoms. The summed E-state index contributed by atoms with van der Waals surface area (Å²) in [6.07, 6.45) is 2.54. The minimum Gasteiger partial charge on any atom is -0.508 e. The summed E-state index contributed by atoms with van der Waals surface area (Å²) in [5.41, 5.74) is 0.742. The van der Waals surface area contributed by atoms with Gasteiger partial charge in [-0.3, -0.25) is 4.90 Å². The van der Waals surface area contributed by atoms with Gasteiger partial charge in [-0.15, -0.1) is 35.3 Å². The molecule has 0 amide bonds. The summed E-state index contributed by atoms with van der Waals surface area (Å²) in [4.78, 5) is 8.60. The molecule has 1 aliphatic rings. The monoisotopic (exact) mass is 530 g/mol. The average molecular weight is 530 g/mol. The molecule has 1 aliphatic heterocycles. The van der Waals surface area contributed by atoms with Crippen LogP contribution in [0.25, 0.3) is 0 Å². The maximum atomic E-state index is 10.1. The van der Waals surface area contributed by atoms with Crippen LogP contribution in [0.3, 0.4) is 0 Å². The van der Waals surface area contributed by atoms with Crippen molar-refractivity contribution in [3.05, 3.63) is 46.2 Å². The highest BCUT2D eigenvalue weighted by molar-refractivity contribution is 14.0. The van der Waals surface area contributed by atoms with Gasteiger partial charge in [-0.1, -0.05) is 6.07 Å². The Balaban J connectivity index is 0.00000300. The molecule has 0 bridgehead atoms. The Morgan fingerprint density at radius 2 is 2.07 bits per heavy atom. The van der Waals surface area contributed by atoms with E-state index in [4.69, 9.17) is 4.74 Å². The highest BCUT2D eigenvalue weighted by Crippen LogP contribution is 2.28. The average Bonchev–Trinajstić information content (AvgIpc) is 3.42. The lowest BCUT2D eigenvalue weighted by Crippen LogP contribution is -2.42. The quantitative estimate of drug-likeness (QED) is 0.274. The number of thiophene rings is 1. The number of aliphatic imine (C=N–C) groups is 1. The van der Waals surface area contributed by atoms with E-state index in [1.54, 1.807) is 19.2 Å². The van der Waals surface area contributed by atoms with Gasteiger partial charge in [-0.2, -0.15) is 0 Å². The maximum Gasteiger partial charge on any atom is 0.191 e. The second-order valence-electron chi connectivity index (χ2n) is 6.85. The van der Waals surface area contributed by atoms with Crippen LogP contribution in [0.1, 0.15) is 36.2 Å². The highest BCUT2D eigenvalue weighted by atomic mass is 127. The molecule has 160 valence electrons. The van der Waals surface area contributed by atoms with Crippen molar-refractivity contribution in [3.63, 3.8) is 0 Å². The fourth-order valence-corrected chi connectivity index (χ4v) is 4.32. The molecule has 8 heteroatoms. The number of phenols is 1. The second kappa shape index (κ2) is 12.2. The SMILES string of the molecule is CCNC(=NCc1cc(OC)ccc1O)NCC(c1cccs1)N1CCCC1.I. The zero-order valence-corrected chi connectivity index (χ0v) is 20.2. The predicted octanol–water partition coefficient (Wildman–Crippen LogP) is 3.97. The minimum absolute atomic E-state index is 0. The van der Waals surface area contributed by atoms with Gasteiger partial charge >= 0.3 is 0 Å². The number of hydrogen-bond acceptors (Lipinski definition) is 5. The lowest BCUT2D eigenvalue weighted by molar-refractivity contribution is 0.249. The molecule has 0 saturated carbocycles. The van der Waals surface area contributed by atoms with Gasteiger partial charge in [0.05, 0.1) is 19.7 Å². The number of methoxy groups -OCH3 is 1. The van der Waals surface area contributed by atoms with Crippen molar-refractivity contribution in [1.29, 1.82) is 0 Å². The smallest absolute Gasteiger partial charge is 0.191 e. The largest absolute Gasteiger partial charge is 0.508 e. The molecule has 1 atom stereocenters. The Kier molecular flexibility index (Phi) is 10.0. The number of rotatable bonds is 8. The van der Waals surface area contributed by atoms with Crippen molar-refractivity contribution in [2.75, 3.05) is 33.3 Å². The van der Waals surface area contributed by atoms with Crippen molar-refractivity contribution in [2.45, 2.75) is 32.4 Å². The molecular formula is C21H31IN4O2S. The molecule has 3 rings (SSSR count). The molecule has 6 nitrogen and oxygen atoms in total. The van der Waals surface area contributed by atoms with Gasteiger partial charge in [-0.05, 0) is 62.5 Å². The number of guanidine groups is 1. The molecule has 0 radical (unpaired) electrons. The van der Waals surface area contributed by atoms with Crippen molar-refractivity contribution in [3.8, 4) is 11.5 Å². The van der Waals surface area contributed by atoms with Gasteiger partial charge < -0.3 is 20.5 Å². The summed E-state index contributed by atoms with van der Waals surface area (Å²) < 4.78 is 5.25. The van der Waals surface area contributed by atoms with Crippen molar-refractivity contribution in [1.82, 2.24) is 15.5 Å². The first-order valence-electron chi connectivity index (χ1n) is 9.86. The molecule has 1 saturated heterocycles. The first-order valence-corrected chi connectivity index (χ1v) is 10.7. The van der Waals surface area contributed by atoms with E-state index in [-0.39, 0.29) is 29.7 Å². The summed E-state index contributed by atoms with van der Waals surface area (Å²) in [6, 6.07) is 9.90. The molecule has 1 fully saturated rings. The van der Waals surface area contributed by atoms with Gasteiger partial charge in [-0.25, -0.2) is 4.99 Å².